The standard InChI is InChI=1S/C42H27N3/c1-3-10-28(11-4-1)38-23-20-29-17-18-30-21-24-39(45-41(30)40(29)44-38)31-19-22-35-34-15-7-8-16-36(34)42(37(35)26-31,32-12-5-2-6-13-32)33-14-9-25-43-27-33/h1-27H. The van der Waals surface area contributed by atoms with Gasteiger partial charge in [0.25, 0.3) is 0 Å². The summed E-state index contributed by atoms with van der Waals surface area (Å²) in [4.78, 5) is 15.0. The predicted octanol–water partition coefficient (Wildman–Crippen LogP) is 9.88. The normalized spacial score (nSPS) is 15.2. The van der Waals surface area contributed by atoms with E-state index < -0.39 is 5.41 Å². The van der Waals surface area contributed by atoms with Gasteiger partial charge in [0.05, 0.1) is 27.8 Å². The number of hydrogen-bond donors (Lipinski definition) is 0. The topological polar surface area (TPSA) is 38.7 Å². The molecular weight excluding hydrogens is 546 g/mol. The average Bonchev–Trinajstić information content (AvgIpc) is 3.42. The number of rotatable bonds is 4. The van der Waals surface area contributed by atoms with E-state index in [4.69, 9.17) is 9.97 Å². The van der Waals surface area contributed by atoms with Gasteiger partial charge in [0.15, 0.2) is 0 Å². The van der Waals surface area contributed by atoms with E-state index in [9.17, 15) is 0 Å². The first-order chi connectivity index (χ1) is 22.3. The molecule has 0 aliphatic heterocycles. The highest BCUT2D eigenvalue weighted by atomic mass is 14.8. The summed E-state index contributed by atoms with van der Waals surface area (Å²) in [6.45, 7) is 0. The van der Waals surface area contributed by atoms with Crippen LogP contribution in [0.25, 0.3) is 55.4 Å². The van der Waals surface area contributed by atoms with Crippen LogP contribution < -0.4 is 0 Å². The van der Waals surface area contributed by atoms with Crippen molar-refractivity contribution in [1.29, 1.82) is 0 Å². The molecule has 0 saturated carbocycles. The van der Waals surface area contributed by atoms with E-state index in [0.717, 1.165) is 49.9 Å². The highest BCUT2D eigenvalue weighted by Gasteiger charge is 2.46. The van der Waals surface area contributed by atoms with Gasteiger partial charge in [-0.2, -0.15) is 0 Å². The van der Waals surface area contributed by atoms with Crippen molar-refractivity contribution in [3.63, 3.8) is 0 Å². The van der Waals surface area contributed by atoms with Crippen LogP contribution in [-0.4, -0.2) is 15.0 Å². The Morgan fingerprint density at radius 1 is 0.422 bits per heavy atom. The molecule has 0 bridgehead atoms. The van der Waals surface area contributed by atoms with Crippen molar-refractivity contribution in [3.8, 4) is 33.6 Å². The van der Waals surface area contributed by atoms with E-state index in [-0.39, 0.29) is 0 Å². The highest BCUT2D eigenvalue weighted by Crippen LogP contribution is 2.56. The van der Waals surface area contributed by atoms with Crippen molar-refractivity contribution < 1.29 is 0 Å². The average molecular weight is 574 g/mol. The summed E-state index contributed by atoms with van der Waals surface area (Å²) in [6.07, 6.45) is 3.86. The van der Waals surface area contributed by atoms with Gasteiger partial charge >= 0.3 is 0 Å². The Morgan fingerprint density at radius 2 is 1.02 bits per heavy atom. The maximum absolute atomic E-state index is 5.30. The van der Waals surface area contributed by atoms with E-state index in [1.54, 1.807) is 0 Å². The quantitative estimate of drug-likeness (QED) is 0.197. The van der Waals surface area contributed by atoms with Crippen molar-refractivity contribution in [2.75, 3.05) is 0 Å². The van der Waals surface area contributed by atoms with Gasteiger partial charge in [-0.1, -0.05) is 127 Å². The third-order valence-electron chi connectivity index (χ3n) is 9.23. The number of pyridine rings is 3. The zero-order valence-corrected chi connectivity index (χ0v) is 24.4. The molecule has 0 radical (unpaired) electrons. The van der Waals surface area contributed by atoms with Gasteiger partial charge in [0, 0.05) is 34.3 Å². The molecule has 0 spiro atoms. The van der Waals surface area contributed by atoms with Crippen LogP contribution in [0.2, 0.25) is 0 Å². The lowest BCUT2D eigenvalue weighted by atomic mass is 9.68. The Bertz CT molecular complexity index is 2330. The van der Waals surface area contributed by atoms with Crippen molar-refractivity contribution in [2.45, 2.75) is 5.41 Å². The Balaban J connectivity index is 1.28. The Hall–Kier alpha value is -5.93. The number of nitrogens with zero attached hydrogens (tertiary/aromatic N) is 3. The van der Waals surface area contributed by atoms with E-state index in [0.29, 0.717) is 0 Å². The fraction of sp³-hybridized carbons (Fsp3) is 0.0238. The molecule has 0 amide bonds. The Kier molecular flexibility index (Phi) is 5.72. The van der Waals surface area contributed by atoms with Crippen LogP contribution in [0.4, 0.5) is 0 Å². The Morgan fingerprint density at radius 3 is 1.73 bits per heavy atom. The van der Waals surface area contributed by atoms with Crippen molar-refractivity contribution in [1.82, 2.24) is 15.0 Å². The smallest absolute Gasteiger partial charge is 0.0972 e. The van der Waals surface area contributed by atoms with Gasteiger partial charge in [-0.3, -0.25) is 4.98 Å². The van der Waals surface area contributed by atoms with Gasteiger partial charge in [-0.15, -0.1) is 0 Å². The van der Waals surface area contributed by atoms with Crippen LogP contribution in [0.3, 0.4) is 0 Å². The SMILES string of the molecule is c1ccc(-c2ccc3ccc4ccc(-c5ccc6c(c5)C(c5ccccc5)(c5cccnc5)c5ccccc5-6)nc4c3n2)cc1. The summed E-state index contributed by atoms with van der Waals surface area (Å²) in [5.41, 5.74) is 12.7. The molecule has 0 saturated heterocycles. The molecule has 1 aliphatic carbocycles. The van der Waals surface area contributed by atoms with Crippen molar-refractivity contribution in [3.05, 3.63) is 186 Å². The second kappa shape index (κ2) is 10.1. The first-order valence-corrected chi connectivity index (χ1v) is 15.3. The lowest BCUT2D eigenvalue weighted by Gasteiger charge is -2.33. The predicted molar refractivity (Wildman–Crippen MR) is 183 cm³/mol. The summed E-state index contributed by atoms with van der Waals surface area (Å²) in [7, 11) is 0. The lowest BCUT2D eigenvalue weighted by molar-refractivity contribution is 0.763. The summed E-state index contributed by atoms with van der Waals surface area (Å²) in [5.74, 6) is 0. The van der Waals surface area contributed by atoms with Crippen molar-refractivity contribution in [2.24, 2.45) is 0 Å². The van der Waals surface area contributed by atoms with Gasteiger partial charge in [0.2, 0.25) is 0 Å². The summed E-state index contributed by atoms with van der Waals surface area (Å²) in [5, 5.41) is 2.16. The number of fused-ring (bicyclic) bond motifs is 6. The summed E-state index contributed by atoms with van der Waals surface area (Å²) in [6, 6.07) is 53.8. The second-order valence-corrected chi connectivity index (χ2v) is 11.6. The molecular formula is C42H27N3. The van der Waals surface area contributed by atoms with E-state index >= 15 is 0 Å². The van der Waals surface area contributed by atoms with E-state index in [1.807, 2.05) is 36.7 Å². The molecule has 9 rings (SSSR count). The largest absolute Gasteiger partial charge is 0.264 e. The van der Waals surface area contributed by atoms with E-state index in [1.165, 1.54) is 27.8 Å². The van der Waals surface area contributed by atoms with Gasteiger partial charge in [-0.25, -0.2) is 9.97 Å². The number of hydrogen-bond acceptors (Lipinski definition) is 3. The lowest BCUT2D eigenvalue weighted by Crippen LogP contribution is -2.28. The van der Waals surface area contributed by atoms with Gasteiger partial charge < -0.3 is 0 Å². The molecule has 3 aromatic heterocycles. The molecule has 1 aliphatic rings. The van der Waals surface area contributed by atoms with Crippen molar-refractivity contribution >= 4 is 21.8 Å². The first kappa shape index (κ1) is 25.6. The molecule has 8 aromatic rings. The molecule has 210 valence electrons. The fourth-order valence-electron chi connectivity index (χ4n) is 7.20. The van der Waals surface area contributed by atoms with Gasteiger partial charge in [-0.05, 0) is 57.6 Å². The minimum atomic E-state index is -0.507. The van der Waals surface area contributed by atoms with Crippen LogP contribution in [0.15, 0.2) is 164 Å². The monoisotopic (exact) mass is 573 g/mol. The molecule has 1 unspecified atom stereocenters. The highest BCUT2D eigenvalue weighted by molar-refractivity contribution is 6.04. The van der Waals surface area contributed by atoms with Crippen LogP contribution >= 0.6 is 0 Å². The third kappa shape index (κ3) is 3.87. The van der Waals surface area contributed by atoms with Crippen LogP contribution in [0.1, 0.15) is 22.3 Å². The first-order valence-electron chi connectivity index (χ1n) is 15.3. The molecule has 45 heavy (non-hydrogen) atoms. The summed E-state index contributed by atoms with van der Waals surface area (Å²) < 4.78 is 0. The molecule has 3 nitrogen and oxygen atoms in total. The van der Waals surface area contributed by atoms with Crippen LogP contribution in [-0.2, 0) is 5.41 Å². The van der Waals surface area contributed by atoms with Gasteiger partial charge in [0.1, 0.15) is 0 Å². The van der Waals surface area contributed by atoms with Crippen LogP contribution in [0, 0.1) is 0 Å². The molecule has 0 fully saturated rings. The van der Waals surface area contributed by atoms with Crippen LogP contribution in [0.5, 0.6) is 0 Å². The molecule has 5 aromatic carbocycles. The maximum Gasteiger partial charge on any atom is 0.0972 e. The molecule has 1 atom stereocenters. The minimum absolute atomic E-state index is 0.507. The Labute approximate surface area is 261 Å². The molecule has 3 heterocycles. The zero-order chi connectivity index (χ0) is 29.8. The van der Waals surface area contributed by atoms with E-state index in [2.05, 4.69) is 132 Å². The maximum atomic E-state index is 5.30. The third-order valence-corrected chi connectivity index (χ3v) is 9.23. The minimum Gasteiger partial charge on any atom is -0.264 e. The fourth-order valence-corrected chi connectivity index (χ4v) is 7.20. The summed E-state index contributed by atoms with van der Waals surface area (Å²) >= 11 is 0. The zero-order valence-electron chi connectivity index (χ0n) is 24.4. The molecule has 0 N–H and O–H groups in total. The molecule has 3 heteroatoms. The number of aromatic nitrogens is 3. The second-order valence-electron chi connectivity index (χ2n) is 11.6. The number of benzene rings is 5.